The van der Waals surface area contributed by atoms with Crippen LogP contribution in [0.2, 0.25) is 5.02 Å². The summed E-state index contributed by atoms with van der Waals surface area (Å²) in [6, 6.07) is 7.21. The highest BCUT2D eigenvalue weighted by atomic mass is 35.5. The molecule has 0 spiro atoms. The van der Waals surface area contributed by atoms with Crippen LogP contribution in [-0.4, -0.2) is 11.1 Å². The van der Waals surface area contributed by atoms with E-state index in [-0.39, 0.29) is 16.5 Å². The topological polar surface area (TPSA) is 55.1 Å². The van der Waals surface area contributed by atoms with Crippen molar-refractivity contribution >= 4 is 34.7 Å². The number of aromatic nitrogens is 1. The van der Waals surface area contributed by atoms with Crippen molar-refractivity contribution in [3.05, 3.63) is 57.5 Å². The van der Waals surface area contributed by atoms with Gasteiger partial charge in [-0.2, -0.15) is 11.3 Å². The first-order valence-corrected chi connectivity index (χ1v) is 7.21. The smallest absolute Gasteiger partial charge is 0.261 e. The molecule has 1 N–H and O–H groups in total. The lowest BCUT2D eigenvalue weighted by molar-refractivity contribution is 0.102. The van der Waals surface area contributed by atoms with Gasteiger partial charge in [-0.15, -0.1) is 0 Å². The third-order valence-electron chi connectivity index (χ3n) is 2.74. The standard InChI is InChI=1S/C14H8ClFN2O2S/c15-9-1-2-11(16)10(5-9)14(19)17-13-6-12(18-20-13)8-3-4-21-7-8/h1-7H,(H,17,19). The van der Waals surface area contributed by atoms with Crippen LogP contribution in [0.4, 0.5) is 10.3 Å². The highest BCUT2D eigenvalue weighted by Crippen LogP contribution is 2.24. The molecular formula is C14H8ClFN2O2S. The molecule has 0 fully saturated rings. The van der Waals surface area contributed by atoms with Gasteiger partial charge in [-0.3, -0.25) is 10.1 Å². The first-order valence-electron chi connectivity index (χ1n) is 5.89. The Kier molecular flexibility index (Phi) is 3.72. The zero-order chi connectivity index (χ0) is 14.8. The Balaban J connectivity index is 1.80. The van der Waals surface area contributed by atoms with Crippen LogP contribution in [0.3, 0.4) is 0 Å². The van der Waals surface area contributed by atoms with Gasteiger partial charge in [-0.1, -0.05) is 16.8 Å². The minimum Gasteiger partial charge on any atom is -0.338 e. The number of rotatable bonds is 3. The van der Waals surface area contributed by atoms with E-state index in [0.717, 1.165) is 11.6 Å². The zero-order valence-electron chi connectivity index (χ0n) is 10.5. The summed E-state index contributed by atoms with van der Waals surface area (Å²) in [5, 5.41) is 10.4. The second-order valence-electron chi connectivity index (χ2n) is 4.17. The molecule has 1 amide bonds. The maximum absolute atomic E-state index is 13.6. The van der Waals surface area contributed by atoms with Crippen LogP contribution < -0.4 is 5.32 Å². The Morgan fingerprint density at radius 2 is 2.19 bits per heavy atom. The normalized spacial score (nSPS) is 10.6. The van der Waals surface area contributed by atoms with Gasteiger partial charge in [0.05, 0.1) is 5.56 Å². The van der Waals surface area contributed by atoms with Crippen LogP contribution >= 0.6 is 22.9 Å². The number of thiophene rings is 1. The first-order chi connectivity index (χ1) is 10.1. The number of hydrogen-bond donors (Lipinski definition) is 1. The molecule has 0 saturated heterocycles. The maximum Gasteiger partial charge on any atom is 0.261 e. The van der Waals surface area contributed by atoms with Crippen molar-refractivity contribution in [3.63, 3.8) is 0 Å². The van der Waals surface area contributed by atoms with Gasteiger partial charge in [0, 0.05) is 22.0 Å². The molecule has 3 aromatic rings. The van der Waals surface area contributed by atoms with Crippen LogP contribution in [0.15, 0.2) is 45.6 Å². The molecule has 1 aromatic carbocycles. The Morgan fingerprint density at radius 1 is 1.33 bits per heavy atom. The van der Waals surface area contributed by atoms with Gasteiger partial charge in [-0.05, 0) is 29.6 Å². The number of hydrogen-bond acceptors (Lipinski definition) is 4. The van der Waals surface area contributed by atoms with Crippen molar-refractivity contribution in [2.75, 3.05) is 5.32 Å². The predicted molar refractivity (Wildman–Crippen MR) is 79.2 cm³/mol. The van der Waals surface area contributed by atoms with Crippen molar-refractivity contribution in [1.82, 2.24) is 5.16 Å². The maximum atomic E-state index is 13.6. The molecule has 7 heteroatoms. The van der Waals surface area contributed by atoms with E-state index >= 15 is 0 Å². The SMILES string of the molecule is O=C(Nc1cc(-c2ccsc2)no1)c1cc(Cl)ccc1F. The molecule has 0 aliphatic heterocycles. The fourth-order valence-corrected chi connectivity index (χ4v) is 2.55. The summed E-state index contributed by atoms with van der Waals surface area (Å²) in [4.78, 5) is 12.0. The van der Waals surface area contributed by atoms with Gasteiger partial charge in [0.2, 0.25) is 5.88 Å². The molecule has 106 valence electrons. The van der Waals surface area contributed by atoms with Crippen molar-refractivity contribution in [2.45, 2.75) is 0 Å². The third-order valence-corrected chi connectivity index (χ3v) is 3.66. The Morgan fingerprint density at radius 3 is 2.95 bits per heavy atom. The average Bonchev–Trinajstić information content (AvgIpc) is 3.11. The van der Waals surface area contributed by atoms with Gasteiger partial charge in [0.15, 0.2) is 0 Å². The second kappa shape index (κ2) is 5.67. The Labute approximate surface area is 128 Å². The summed E-state index contributed by atoms with van der Waals surface area (Å²) in [6.07, 6.45) is 0. The van der Waals surface area contributed by atoms with Crippen molar-refractivity contribution < 1.29 is 13.7 Å². The molecule has 0 atom stereocenters. The quantitative estimate of drug-likeness (QED) is 0.775. The number of halogens is 2. The Hall–Kier alpha value is -2.18. The van der Waals surface area contributed by atoms with E-state index in [0.29, 0.717) is 5.69 Å². The van der Waals surface area contributed by atoms with E-state index in [2.05, 4.69) is 10.5 Å². The van der Waals surface area contributed by atoms with Crippen LogP contribution in [-0.2, 0) is 0 Å². The van der Waals surface area contributed by atoms with Gasteiger partial charge < -0.3 is 4.52 Å². The lowest BCUT2D eigenvalue weighted by Gasteiger charge is -2.02. The summed E-state index contributed by atoms with van der Waals surface area (Å²) in [5.74, 6) is -1.17. The van der Waals surface area contributed by atoms with Crippen molar-refractivity contribution in [2.24, 2.45) is 0 Å². The predicted octanol–water partition coefficient (Wildman–Crippen LogP) is 4.45. The van der Waals surface area contributed by atoms with Gasteiger partial charge >= 0.3 is 0 Å². The first kappa shape index (κ1) is 13.8. The van der Waals surface area contributed by atoms with E-state index in [9.17, 15) is 9.18 Å². The molecule has 21 heavy (non-hydrogen) atoms. The van der Waals surface area contributed by atoms with E-state index < -0.39 is 11.7 Å². The fraction of sp³-hybridized carbons (Fsp3) is 0. The third kappa shape index (κ3) is 2.96. The summed E-state index contributed by atoms with van der Waals surface area (Å²) in [6.45, 7) is 0. The molecule has 2 aromatic heterocycles. The van der Waals surface area contributed by atoms with Gasteiger partial charge in [0.25, 0.3) is 5.91 Å². The molecule has 0 saturated carbocycles. The number of nitrogens with one attached hydrogen (secondary N) is 1. The number of anilines is 1. The number of amides is 1. The molecule has 3 rings (SSSR count). The van der Waals surface area contributed by atoms with Crippen LogP contribution in [0.25, 0.3) is 11.3 Å². The summed E-state index contributed by atoms with van der Waals surface area (Å²) in [5.41, 5.74) is 1.33. The zero-order valence-corrected chi connectivity index (χ0v) is 12.0. The summed E-state index contributed by atoms with van der Waals surface area (Å²) < 4.78 is 18.6. The van der Waals surface area contributed by atoms with E-state index in [1.165, 1.54) is 23.5 Å². The average molecular weight is 323 g/mol. The van der Waals surface area contributed by atoms with Crippen LogP contribution in [0, 0.1) is 5.82 Å². The number of carbonyl (C=O) groups excluding carboxylic acids is 1. The number of nitrogens with zero attached hydrogens (tertiary/aromatic N) is 1. The lowest BCUT2D eigenvalue weighted by atomic mass is 10.2. The van der Waals surface area contributed by atoms with E-state index in [1.807, 2.05) is 16.8 Å². The van der Waals surface area contributed by atoms with E-state index in [1.54, 1.807) is 6.07 Å². The second-order valence-corrected chi connectivity index (χ2v) is 5.38. The molecule has 0 aliphatic rings. The fourth-order valence-electron chi connectivity index (χ4n) is 1.73. The minimum atomic E-state index is -0.658. The number of carbonyl (C=O) groups is 1. The Bertz CT molecular complexity index is 786. The minimum absolute atomic E-state index is 0.139. The van der Waals surface area contributed by atoms with Crippen molar-refractivity contribution in [1.29, 1.82) is 0 Å². The number of benzene rings is 1. The summed E-state index contributed by atoms with van der Waals surface area (Å²) in [7, 11) is 0. The lowest BCUT2D eigenvalue weighted by Crippen LogP contribution is -2.13. The summed E-state index contributed by atoms with van der Waals surface area (Å²) >= 11 is 7.28. The largest absolute Gasteiger partial charge is 0.338 e. The molecule has 0 unspecified atom stereocenters. The monoisotopic (exact) mass is 322 g/mol. The highest BCUT2D eigenvalue weighted by Gasteiger charge is 2.15. The van der Waals surface area contributed by atoms with Gasteiger partial charge in [-0.25, -0.2) is 4.39 Å². The van der Waals surface area contributed by atoms with Gasteiger partial charge in [0.1, 0.15) is 11.5 Å². The highest BCUT2D eigenvalue weighted by molar-refractivity contribution is 7.08. The molecular weight excluding hydrogens is 315 g/mol. The van der Waals surface area contributed by atoms with Crippen LogP contribution in [0.5, 0.6) is 0 Å². The molecule has 0 bridgehead atoms. The molecule has 4 nitrogen and oxygen atoms in total. The molecule has 0 radical (unpaired) electrons. The van der Waals surface area contributed by atoms with Crippen LogP contribution in [0.1, 0.15) is 10.4 Å². The molecule has 2 heterocycles. The molecule has 0 aliphatic carbocycles. The van der Waals surface area contributed by atoms with E-state index in [4.69, 9.17) is 16.1 Å². The van der Waals surface area contributed by atoms with Crippen molar-refractivity contribution in [3.8, 4) is 11.3 Å².